The van der Waals surface area contributed by atoms with Gasteiger partial charge in [0, 0.05) is 72.3 Å². The van der Waals surface area contributed by atoms with E-state index < -0.39 is 5.97 Å². The minimum absolute atomic E-state index is 0. The molecule has 0 spiro atoms. The van der Waals surface area contributed by atoms with Crippen LogP contribution >= 0.6 is 9.47 Å². The average molecular weight is 569 g/mol. The van der Waals surface area contributed by atoms with Gasteiger partial charge in [0.15, 0.2) is 17.9 Å². The van der Waals surface area contributed by atoms with Gasteiger partial charge in [-0.1, -0.05) is 18.2 Å². The predicted octanol–water partition coefficient (Wildman–Crippen LogP) is 2.59. The van der Waals surface area contributed by atoms with Crippen molar-refractivity contribution in [2.24, 2.45) is 0 Å². The number of esters is 1. The third-order valence-corrected chi connectivity index (χ3v) is 3.47. The van der Waals surface area contributed by atoms with Crippen LogP contribution in [-0.4, -0.2) is 38.0 Å². The monoisotopic (exact) mass is 569 g/mol. The van der Waals surface area contributed by atoms with Crippen LogP contribution < -0.4 is 4.74 Å². The third kappa shape index (κ3) is 5.54. The van der Waals surface area contributed by atoms with Gasteiger partial charge in [0.05, 0.1) is 20.3 Å². The molecule has 6 nitrogen and oxygen atoms in total. The zero-order valence-corrected chi connectivity index (χ0v) is 19.3. The molecule has 0 aliphatic rings. The Bertz CT molecular complexity index is 703. The second-order valence-corrected chi connectivity index (χ2v) is 4.98. The van der Waals surface area contributed by atoms with Crippen LogP contribution in [-0.2, 0) is 20.5 Å². The number of furan rings is 1. The Balaban J connectivity index is 0.00000288. The number of fused-ring (bicyclic) bond motifs is 1. The number of ether oxygens (including phenoxy) is 2. The number of rotatable bonds is 8. The van der Waals surface area contributed by atoms with Gasteiger partial charge in [-0.15, -0.1) is 0 Å². The van der Waals surface area contributed by atoms with Crippen molar-refractivity contribution in [1.29, 1.82) is 0 Å². The van der Waals surface area contributed by atoms with Crippen LogP contribution in [0.1, 0.15) is 12.8 Å². The van der Waals surface area contributed by atoms with E-state index >= 15 is 0 Å². The smallest absolute Gasteiger partial charge is 0.343 e. The molecule has 129 valence electrons. The first-order chi connectivity index (χ1) is 11.2. The molecule has 1 aromatic heterocycles. The van der Waals surface area contributed by atoms with Crippen molar-refractivity contribution in [3.63, 3.8) is 0 Å². The summed E-state index contributed by atoms with van der Waals surface area (Å²) in [5.41, 5.74) is 1.50. The molecule has 24 heavy (non-hydrogen) atoms. The van der Waals surface area contributed by atoms with Crippen LogP contribution in [0.2, 0.25) is 0 Å². The molecule has 1 unspecified atom stereocenters. The third-order valence-electron chi connectivity index (χ3n) is 3.23. The van der Waals surface area contributed by atoms with Crippen LogP contribution in [0.25, 0.3) is 17.0 Å². The molecular formula is C16H21AcO6P. The molecule has 0 saturated heterocycles. The second-order valence-electron chi connectivity index (χ2n) is 4.65. The van der Waals surface area contributed by atoms with Gasteiger partial charge in [0.1, 0.15) is 5.76 Å². The van der Waals surface area contributed by atoms with E-state index in [1.807, 2.05) is 12.1 Å². The number of aliphatic hydroxyl groups is 1. The van der Waals surface area contributed by atoms with Gasteiger partial charge in [0.2, 0.25) is 0 Å². The van der Waals surface area contributed by atoms with Gasteiger partial charge in [-0.05, 0) is 12.1 Å². The normalized spacial score (nSPS) is 10.8. The Labute approximate surface area is 179 Å². The summed E-state index contributed by atoms with van der Waals surface area (Å²) in [5, 5.41) is 9.85. The molecule has 0 aliphatic heterocycles. The Morgan fingerprint density at radius 1 is 1.46 bits per heavy atom. The summed E-state index contributed by atoms with van der Waals surface area (Å²) in [6.45, 7) is 0.233. The summed E-state index contributed by atoms with van der Waals surface area (Å²) in [6, 6.07) is 5.47. The molecule has 2 rings (SSSR count). The van der Waals surface area contributed by atoms with Crippen molar-refractivity contribution < 1.29 is 73.8 Å². The molecule has 1 heterocycles. The fourth-order valence-corrected chi connectivity index (χ4v) is 2.30. The summed E-state index contributed by atoms with van der Waals surface area (Å²) < 4.78 is 21.0. The topological polar surface area (TPSA) is 78.1 Å². The van der Waals surface area contributed by atoms with Crippen molar-refractivity contribution >= 4 is 32.5 Å². The Morgan fingerprint density at radius 3 is 2.92 bits per heavy atom. The van der Waals surface area contributed by atoms with E-state index in [1.165, 1.54) is 7.11 Å². The molecule has 2 aromatic rings. The maximum absolute atomic E-state index is 11.2. The molecule has 0 bridgehead atoms. The van der Waals surface area contributed by atoms with Crippen LogP contribution in [0.3, 0.4) is 0 Å². The zero-order chi connectivity index (χ0) is 16.7. The zero-order valence-electron chi connectivity index (χ0n) is 13.4. The van der Waals surface area contributed by atoms with Gasteiger partial charge in [0.25, 0.3) is 0 Å². The molecular weight excluding hydrogens is 546 g/mol. The van der Waals surface area contributed by atoms with Gasteiger partial charge in [-0.2, -0.15) is 0 Å². The molecule has 0 fully saturated rings. The first kappa shape index (κ1) is 21.6. The summed E-state index contributed by atoms with van der Waals surface area (Å²) in [4.78, 5) is 11.2. The number of aliphatic hydroxyl groups excluding tert-OH is 1. The van der Waals surface area contributed by atoms with Gasteiger partial charge < -0.3 is 23.5 Å². The molecule has 1 radical (unpaired) electrons. The fourth-order valence-electron chi connectivity index (χ4n) is 2.19. The minimum atomic E-state index is -0.467. The average Bonchev–Trinajstić information content (AvgIpc) is 2.93. The van der Waals surface area contributed by atoms with Gasteiger partial charge >= 0.3 is 5.97 Å². The molecule has 0 aliphatic carbocycles. The van der Waals surface area contributed by atoms with E-state index in [1.54, 1.807) is 18.2 Å². The van der Waals surface area contributed by atoms with Crippen molar-refractivity contribution in [3.05, 3.63) is 35.6 Å². The summed E-state index contributed by atoms with van der Waals surface area (Å²) in [6.07, 6.45) is 3.95. The van der Waals surface area contributed by atoms with Gasteiger partial charge in [-0.3, -0.25) is 0 Å². The maximum atomic E-state index is 11.2. The first-order valence-corrected chi connectivity index (χ1v) is 7.51. The minimum Gasteiger partial charge on any atom is -0.478 e. The van der Waals surface area contributed by atoms with Crippen molar-refractivity contribution in [2.45, 2.75) is 6.42 Å². The SMILES string of the molecule is COC(=O)COc1cccc2c(CCOP)c(/C=C/CO)oc12.[3HH].[Ac]. The number of hydrogen-bond donors (Lipinski definition) is 1. The van der Waals surface area contributed by atoms with Crippen LogP contribution in [0.5, 0.6) is 5.75 Å². The predicted molar refractivity (Wildman–Crippen MR) is 91.3 cm³/mol. The van der Waals surface area contributed by atoms with Crippen molar-refractivity contribution in [2.75, 3.05) is 26.9 Å². The Kier molecular flexibility index (Phi) is 10.1. The van der Waals surface area contributed by atoms with E-state index in [4.69, 9.17) is 18.8 Å². The van der Waals surface area contributed by atoms with Gasteiger partial charge in [-0.25, -0.2) is 4.79 Å². The molecule has 0 saturated carbocycles. The molecule has 1 aromatic carbocycles. The van der Waals surface area contributed by atoms with Crippen molar-refractivity contribution in [3.8, 4) is 5.75 Å². The van der Waals surface area contributed by atoms with Crippen molar-refractivity contribution in [1.82, 2.24) is 0 Å². The van der Waals surface area contributed by atoms with E-state index in [0.29, 0.717) is 30.1 Å². The first-order valence-electron chi connectivity index (χ1n) is 7.04. The Hall–Kier alpha value is -0.438. The largest absolute Gasteiger partial charge is 0.478 e. The number of hydrogen-bond acceptors (Lipinski definition) is 6. The fraction of sp³-hybridized carbons (Fsp3) is 0.312. The Morgan fingerprint density at radius 2 is 2.25 bits per heavy atom. The summed E-state index contributed by atoms with van der Waals surface area (Å²) >= 11 is 0. The number of para-hydroxylation sites is 1. The molecule has 1 atom stereocenters. The molecule has 1 N–H and O–H groups in total. The quantitative estimate of drug-likeness (QED) is 0.389. The van der Waals surface area contributed by atoms with E-state index in [9.17, 15) is 4.79 Å². The maximum Gasteiger partial charge on any atom is 0.343 e. The van der Waals surface area contributed by atoms with Crippen LogP contribution in [0.15, 0.2) is 28.7 Å². The van der Waals surface area contributed by atoms with E-state index in [-0.39, 0.29) is 58.7 Å². The summed E-state index contributed by atoms with van der Waals surface area (Å²) in [7, 11) is 3.52. The molecule has 0 amide bonds. The standard InChI is InChI=1S/C16H19O6P.Ac.H2/c1-19-15(18)10-20-14-5-2-4-12-11(7-9-21-23)13(6-3-8-17)22-16(12)14;;/h2-6,17H,7-10,23H2,1H3;;1H/b6-3+;;/i;;1+2. The number of carbonyl (C=O) groups excluding carboxylic acids is 1. The van der Waals surface area contributed by atoms with E-state index in [2.05, 4.69) is 14.2 Å². The summed E-state index contributed by atoms with van der Waals surface area (Å²) in [5.74, 6) is 0.625. The van der Waals surface area contributed by atoms with Crippen LogP contribution in [0, 0.1) is 44.1 Å². The second kappa shape index (κ2) is 11.2. The van der Waals surface area contributed by atoms with Crippen LogP contribution in [0.4, 0.5) is 0 Å². The number of carbonyl (C=O) groups is 1. The number of benzene rings is 1. The molecule has 8 heteroatoms. The van der Waals surface area contributed by atoms with E-state index in [0.717, 1.165) is 10.9 Å². The number of methoxy groups -OCH3 is 1.